The molecule has 7 nitrogen and oxygen atoms in total. The van der Waals surface area contributed by atoms with E-state index in [-0.39, 0.29) is 36.1 Å². The zero-order chi connectivity index (χ0) is 16.1. The minimum atomic E-state index is -3.70. The third-order valence-electron chi connectivity index (χ3n) is 2.66. The largest absolute Gasteiger partial charge is 0.329 e. The van der Waals surface area contributed by atoms with E-state index in [2.05, 4.69) is 9.44 Å². The van der Waals surface area contributed by atoms with E-state index >= 15 is 0 Å². The van der Waals surface area contributed by atoms with E-state index in [1.54, 1.807) is 32.0 Å². The second kappa shape index (κ2) is 8.23. The molecule has 0 saturated carbocycles. The average molecular weight is 372 g/mol. The molecular weight excluding hydrogens is 350 g/mol. The van der Waals surface area contributed by atoms with Crippen molar-refractivity contribution >= 4 is 32.5 Å². The molecule has 0 spiro atoms. The summed E-state index contributed by atoms with van der Waals surface area (Å²) in [7, 11) is -7.31. The highest BCUT2D eigenvalue weighted by molar-refractivity contribution is 7.90. The van der Waals surface area contributed by atoms with Crippen LogP contribution in [0.4, 0.5) is 0 Å². The lowest BCUT2D eigenvalue weighted by molar-refractivity contribution is 0.462. The second-order valence-electron chi connectivity index (χ2n) is 5.22. The van der Waals surface area contributed by atoms with E-state index in [0.717, 1.165) is 0 Å². The molecule has 10 heteroatoms. The summed E-state index contributed by atoms with van der Waals surface area (Å²) in [6.45, 7) is 3.23. The molecule has 22 heavy (non-hydrogen) atoms. The van der Waals surface area contributed by atoms with Crippen molar-refractivity contribution in [2.24, 2.45) is 5.73 Å². The van der Waals surface area contributed by atoms with Crippen LogP contribution >= 0.6 is 12.4 Å². The Hall–Kier alpha value is -0.710. The summed E-state index contributed by atoms with van der Waals surface area (Å²) in [4.78, 5) is 0.0950. The molecule has 0 aliphatic rings. The fourth-order valence-corrected chi connectivity index (χ4v) is 4.09. The molecule has 0 bridgehead atoms. The zero-order valence-corrected chi connectivity index (χ0v) is 14.9. The molecule has 0 radical (unpaired) electrons. The van der Waals surface area contributed by atoms with Crippen LogP contribution in [-0.4, -0.2) is 41.2 Å². The quantitative estimate of drug-likeness (QED) is 0.596. The molecule has 0 aliphatic carbocycles. The van der Waals surface area contributed by atoms with Crippen LogP contribution in [0.5, 0.6) is 0 Å². The standard InChI is InChI=1S/C12H21N3O4S2.ClH/c1-12(2,10-13)15-20(16,17)9-8-14-21(18,19)11-6-4-3-5-7-11;/h3-7,14-15H,8-10,13H2,1-2H3;1H. The monoisotopic (exact) mass is 371 g/mol. The maximum absolute atomic E-state index is 11.9. The van der Waals surface area contributed by atoms with Gasteiger partial charge in [0.05, 0.1) is 10.6 Å². The summed E-state index contributed by atoms with van der Waals surface area (Å²) in [5.41, 5.74) is 4.68. The first-order chi connectivity index (χ1) is 9.58. The Kier molecular flexibility index (Phi) is 7.96. The summed E-state index contributed by atoms with van der Waals surface area (Å²) in [5, 5.41) is 0. The molecule has 1 aromatic rings. The Morgan fingerprint density at radius 3 is 2.14 bits per heavy atom. The molecule has 0 saturated heterocycles. The van der Waals surface area contributed by atoms with E-state index in [1.807, 2.05) is 0 Å². The van der Waals surface area contributed by atoms with Crippen molar-refractivity contribution < 1.29 is 16.8 Å². The lowest BCUT2D eigenvalue weighted by Gasteiger charge is -2.23. The van der Waals surface area contributed by atoms with Crippen molar-refractivity contribution in [1.29, 1.82) is 0 Å². The number of benzene rings is 1. The molecule has 4 N–H and O–H groups in total. The van der Waals surface area contributed by atoms with E-state index < -0.39 is 25.6 Å². The van der Waals surface area contributed by atoms with Crippen LogP contribution in [-0.2, 0) is 20.0 Å². The molecule has 0 amide bonds. The maximum Gasteiger partial charge on any atom is 0.240 e. The van der Waals surface area contributed by atoms with Gasteiger partial charge < -0.3 is 5.73 Å². The predicted molar refractivity (Wildman–Crippen MR) is 88.9 cm³/mol. The minimum Gasteiger partial charge on any atom is -0.329 e. The highest BCUT2D eigenvalue weighted by Gasteiger charge is 2.23. The first-order valence-electron chi connectivity index (χ1n) is 6.34. The Morgan fingerprint density at radius 1 is 1.09 bits per heavy atom. The minimum absolute atomic E-state index is 0. The van der Waals surface area contributed by atoms with Crippen LogP contribution in [0, 0.1) is 0 Å². The van der Waals surface area contributed by atoms with Crippen LogP contribution in [0.2, 0.25) is 0 Å². The first-order valence-corrected chi connectivity index (χ1v) is 9.48. The van der Waals surface area contributed by atoms with E-state index in [1.165, 1.54) is 12.1 Å². The van der Waals surface area contributed by atoms with Crippen molar-refractivity contribution in [3.05, 3.63) is 30.3 Å². The van der Waals surface area contributed by atoms with Gasteiger partial charge >= 0.3 is 0 Å². The highest BCUT2D eigenvalue weighted by atomic mass is 35.5. The zero-order valence-electron chi connectivity index (χ0n) is 12.4. The fourth-order valence-electron chi connectivity index (χ4n) is 1.51. The summed E-state index contributed by atoms with van der Waals surface area (Å²) < 4.78 is 52.2. The van der Waals surface area contributed by atoms with Crippen LogP contribution in [0.15, 0.2) is 35.2 Å². The molecule has 0 aromatic heterocycles. The van der Waals surface area contributed by atoms with Gasteiger partial charge in [0.15, 0.2) is 0 Å². The maximum atomic E-state index is 11.9. The topological polar surface area (TPSA) is 118 Å². The third-order valence-corrected chi connectivity index (χ3v) is 5.74. The average Bonchev–Trinajstić information content (AvgIpc) is 2.38. The van der Waals surface area contributed by atoms with Gasteiger partial charge in [-0.1, -0.05) is 18.2 Å². The number of sulfonamides is 2. The Labute approximate surface area is 138 Å². The summed E-state index contributed by atoms with van der Waals surface area (Å²) in [6, 6.07) is 7.76. The lowest BCUT2D eigenvalue weighted by Crippen LogP contribution is -2.50. The fraction of sp³-hybridized carbons (Fsp3) is 0.500. The number of hydrogen-bond donors (Lipinski definition) is 3. The Bertz CT molecular complexity index is 661. The highest BCUT2D eigenvalue weighted by Crippen LogP contribution is 2.07. The smallest absolute Gasteiger partial charge is 0.240 e. The molecule has 0 atom stereocenters. The van der Waals surface area contributed by atoms with Gasteiger partial charge in [0.1, 0.15) is 0 Å². The molecule has 0 fully saturated rings. The van der Waals surface area contributed by atoms with Gasteiger partial charge in [0.2, 0.25) is 20.0 Å². The van der Waals surface area contributed by atoms with Gasteiger partial charge in [0.25, 0.3) is 0 Å². The van der Waals surface area contributed by atoms with Crippen LogP contribution < -0.4 is 15.2 Å². The van der Waals surface area contributed by atoms with Crippen molar-refractivity contribution in [3.63, 3.8) is 0 Å². The number of rotatable bonds is 8. The number of nitrogens with one attached hydrogen (secondary N) is 2. The predicted octanol–water partition coefficient (Wildman–Crippen LogP) is 0.0434. The van der Waals surface area contributed by atoms with E-state index in [9.17, 15) is 16.8 Å². The van der Waals surface area contributed by atoms with Gasteiger partial charge in [-0.3, -0.25) is 0 Å². The molecular formula is C12H22ClN3O4S2. The van der Waals surface area contributed by atoms with Gasteiger partial charge in [-0.05, 0) is 26.0 Å². The third kappa shape index (κ3) is 7.03. The Morgan fingerprint density at radius 2 is 1.64 bits per heavy atom. The van der Waals surface area contributed by atoms with Crippen LogP contribution in [0.25, 0.3) is 0 Å². The van der Waals surface area contributed by atoms with Crippen LogP contribution in [0.3, 0.4) is 0 Å². The van der Waals surface area contributed by atoms with E-state index in [0.29, 0.717) is 0 Å². The van der Waals surface area contributed by atoms with Crippen molar-refractivity contribution in [1.82, 2.24) is 9.44 Å². The number of halogens is 1. The molecule has 0 aliphatic heterocycles. The van der Waals surface area contributed by atoms with Gasteiger partial charge in [0, 0.05) is 18.6 Å². The summed E-state index contributed by atoms with van der Waals surface area (Å²) in [6.07, 6.45) is 0. The van der Waals surface area contributed by atoms with Crippen LogP contribution in [0.1, 0.15) is 13.8 Å². The summed E-state index contributed by atoms with van der Waals surface area (Å²) in [5.74, 6) is -0.359. The summed E-state index contributed by atoms with van der Waals surface area (Å²) >= 11 is 0. The second-order valence-corrected chi connectivity index (χ2v) is 8.83. The lowest BCUT2D eigenvalue weighted by atomic mass is 10.1. The molecule has 1 aromatic carbocycles. The van der Waals surface area contributed by atoms with Gasteiger partial charge in [-0.15, -0.1) is 12.4 Å². The van der Waals surface area contributed by atoms with E-state index in [4.69, 9.17) is 5.73 Å². The van der Waals surface area contributed by atoms with Crippen molar-refractivity contribution in [3.8, 4) is 0 Å². The SMILES string of the molecule is CC(C)(CN)NS(=O)(=O)CCNS(=O)(=O)c1ccccc1.Cl. The molecule has 128 valence electrons. The normalized spacial score (nSPS) is 12.7. The Balaban J connectivity index is 0.00000441. The molecule has 0 unspecified atom stereocenters. The van der Waals surface area contributed by atoms with Gasteiger partial charge in [-0.2, -0.15) is 0 Å². The van der Waals surface area contributed by atoms with Crippen molar-refractivity contribution in [2.45, 2.75) is 24.3 Å². The molecule has 1 rings (SSSR count). The van der Waals surface area contributed by atoms with Gasteiger partial charge in [-0.25, -0.2) is 26.3 Å². The van der Waals surface area contributed by atoms with Crippen molar-refractivity contribution in [2.75, 3.05) is 18.8 Å². The number of nitrogens with two attached hydrogens (primary N) is 1. The first kappa shape index (κ1) is 21.3. The molecule has 0 heterocycles. The number of hydrogen-bond acceptors (Lipinski definition) is 5.